The van der Waals surface area contributed by atoms with Gasteiger partial charge in [-0.1, -0.05) is 11.2 Å². The number of nitrogens with zero attached hydrogens (tertiary/aromatic N) is 4. The fraction of sp³-hybridized carbons (Fsp3) is 0.316. The third-order valence-corrected chi connectivity index (χ3v) is 3.89. The van der Waals surface area contributed by atoms with Crippen molar-refractivity contribution in [2.24, 2.45) is 0 Å². The first-order valence-electron chi connectivity index (χ1n) is 8.26. The number of hydrogen-bond donors (Lipinski definition) is 0. The van der Waals surface area contributed by atoms with Gasteiger partial charge in [-0.25, -0.2) is 0 Å². The Kier molecular flexibility index (Phi) is 5.93. The van der Waals surface area contributed by atoms with Gasteiger partial charge in [-0.15, -0.1) is 0 Å². The first-order valence-corrected chi connectivity index (χ1v) is 8.26. The first kappa shape index (κ1) is 18.0. The standard InChI is InChI=1S/C19H22N4O3/c1-23(11-14-6-7-17(25-3)16(9-14)13-24-2)12-18-21-19(22-26-18)15-5-4-8-20-10-15/h4-10H,11-13H2,1-3H3. The minimum absolute atomic E-state index is 0.513. The summed E-state index contributed by atoms with van der Waals surface area (Å²) in [6.07, 6.45) is 3.43. The van der Waals surface area contributed by atoms with Crippen LogP contribution in [0.3, 0.4) is 0 Å². The minimum atomic E-state index is 0.513. The summed E-state index contributed by atoms with van der Waals surface area (Å²) < 4.78 is 16.0. The van der Waals surface area contributed by atoms with Crippen LogP contribution in [0.1, 0.15) is 17.0 Å². The summed E-state index contributed by atoms with van der Waals surface area (Å²) >= 11 is 0. The van der Waals surface area contributed by atoms with Gasteiger partial charge in [-0.3, -0.25) is 9.88 Å². The largest absolute Gasteiger partial charge is 0.496 e. The third-order valence-electron chi connectivity index (χ3n) is 3.89. The number of aromatic nitrogens is 3. The molecular weight excluding hydrogens is 332 g/mol. The molecule has 0 saturated carbocycles. The molecule has 0 saturated heterocycles. The molecule has 0 amide bonds. The van der Waals surface area contributed by atoms with E-state index in [2.05, 4.69) is 26.1 Å². The molecule has 0 bridgehead atoms. The van der Waals surface area contributed by atoms with Crippen molar-refractivity contribution in [2.45, 2.75) is 19.7 Å². The Bertz CT molecular complexity index is 836. The molecule has 0 aliphatic carbocycles. The highest BCUT2D eigenvalue weighted by Gasteiger charge is 2.12. The molecule has 0 atom stereocenters. The van der Waals surface area contributed by atoms with Crippen LogP contribution in [-0.4, -0.2) is 41.3 Å². The molecule has 26 heavy (non-hydrogen) atoms. The van der Waals surface area contributed by atoms with E-state index in [9.17, 15) is 0 Å². The van der Waals surface area contributed by atoms with Crippen LogP contribution in [0.15, 0.2) is 47.2 Å². The second-order valence-electron chi connectivity index (χ2n) is 6.00. The van der Waals surface area contributed by atoms with Crippen LogP contribution in [-0.2, 0) is 24.4 Å². The van der Waals surface area contributed by atoms with Crippen LogP contribution in [0.5, 0.6) is 5.75 Å². The van der Waals surface area contributed by atoms with Gasteiger partial charge in [0.2, 0.25) is 11.7 Å². The van der Waals surface area contributed by atoms with Gasteiger partial charge in [0.1, 0.15) is 5.75 Å². The lowest BCUT2D eigenvalue weighted by molar-refractivity contribution is 0.181. The van der Waals surface area contributed by atoms with E-state index in [1.807, 2.05) is 31.3 Å². The van der Waals surface area contributed by atoms with Crippen molar-refractivity contribution >= 4 is 0 Å². The molecule has 0 spiro atoms. The molecule has 0 aliphatic heterocycles. The predicted octanol–water partition coefficient (Wildman–Crippen LogP) is 2.92. The Morgan fingerprint density at radius 1 is 1.15 bits per heavy atom. The molecular formula is C19H22N4O3. The van der Waals surface area contributed by atoms with Crippen LogP contribution >= 0.6 is 0 Å². The third kappa shape index (κ3) is 4.44. The fourth-order valence-corrected chi connectivity index (χ4v) is 2.73. The summed E-state index contributed by atoms with van der Waals surface area (Å²) in [5.74, 6) is 1.95. The molecule has 7 nitrogen and oxygen atoms in total. The van der Waals surface area contributed by atoms with Crippen molar-refractivity contribution in [3.8, 4) is 17.1 Å². The Morgan fingerprint density at radius 2 is 2.04 bits per heavy atom. The van der Waals surface area contributed by atoms with E-state index in [0.717, 1.165) is 29.0 Å². The molecule has 0 radical (unpaired) electrons. The van der Waals surface area contributed by atoms with Crippen LogP contribution in [0.4, 0.5) is 0 Å². The van der Waals surface area contributed by atoms with Gasteiger partial charge >= 0.3 is 0 Å². The van der Waals surface area contributed by atoms with E-state index in [-0.39, 0.29) is 0 Å². The molecule has 3 aromatic rings. The Morgan fingerprint density at radius 3 is 2.77 bits per heavy atom. The van der Waals surface area contributed by atoms with Crippen LogP contribution in [0.2, 0.25) is 0 Å². The average Bonchev–Trinajstić information content (AvgIpc) is 3.11. The van der Waals surface area contributed by atoms with Crippen LogP contribution in [0, 0.1) is 0 Å². The highest BCUT2D eigenvalue weighted by Crippen LogP contribution is 2.22. The topological polar surface area (TPSA) is 73.5 Å². The summed E-state index contributed by atoms with van der Waals surface area (Å²) in [7, 11) is 5.34. The summed E-state index contributed by atoms with van der Waals surface area (Å²) in [6, 6.07) is 9.85. The number of pyridine rings is 1. The SMILES string of the molecule is COCc1cc(CN(C)Cc2nc(-c3cccnc3)no2)ccc1OC. The molecule has 7 heteroatoms. The highest BCUT2D eigenvalue weighted by molar-refractivity contribution is 5.51. The average molecular weight is 354 g/mol. The highest BCUT2D eigenvalue weighted by atomic mass is 16.5. The van der Waals surface area contributed by atoms with E-state index < -0.39 is 0 Å². The number of benzene rings is 1. The Hall–Kier alpha value is -2.77. The second kappa shape index (κ2) is 8.55. The maximum Gasteiger partial charge on any atom is 0.241 e. The smallest absolute Gasteiger partial charge is 0.241 e. The molecule has 0 aliphatic rings. The van der Waals surface area contributed by atoms with Crippen LogP contribution in [0.25, 0.3) is 11.4 Å². The molecule has 1 aromatic carbocycles. The Labute approximate surface area is 152 Å². The number of methoxy groups -OCH3 is 2. The van der Waals surface area contributed by atoms with Gasteiger partial charge in [0.05, 0.1) is 20.3 Å². The number of rotatable bonds is 8. The van der Waals surface area contributed by atoms with Gasteiger partial charge in [0, 0.05) is 37.2 Å². The fourth-order valence-electron chi connectivity index (χ4n) is 2.73. The summed E-state index contributed by atoms with van der Waals surface area (Å²) in [4.78, 5) is 10.6. The molecule has 0 unspecified atom stereocenters. The quantitative estimate of drug-likeness (QED) is 0.616. The van der Waals surface area contributed by atoms with E-state index in [1.165, 1.54) is 0 Å². The lowest BCUT2D eigenvalue weighted by Gasteiger charge is -2.16. The van der Waals surface area contributed by atoms with E-state index in [0.29, 0.717) is 24.9 Å². The molecule has 0 N–H and O–H groups in total. The van der Waals surface area contributed by atoms with Crippen molar-refractivity contribution in [3.63, 3.8) is 0 Å². The molecule has 136 valence electrons. The van der Waals surface area contributed by atoms with Gasteiger partial charge in [0.25, 0.3) is 0 Å². The lowest BCUT2D eigenvalue weighted by atomic mass is 10.1. The number of ether oxygens (including phenoxy) is 2. The zero-order chi connectivity index (χ0) is 18.4. The van der Waals surface area contributed by atoms with Crippen LogP contribution < -0.4 is 4.74 Å². The molecule has 2 heterocycles. The molecule has 0 fully saturated rings. The molecule has 2 aromatic heterocycles. The van der Waals surface area contributed by atoms with Gasteiger partial charge < -0.3 is 14.0 Å². The number of hydrogen-bond acceptors (Lipinski definition) is 7. The van der Waals surface area contributed by atoms with Gasteiger partial charge in [-0.2, -0.15) is 4.98 Å². The molecule has 3 rings (SSSR count). The second-order valence-corrected chi connectivity index (χ2v) is 6.00. The van der Waals surface area contributed by atoms with Crippen molar-refractivity contribution in [2.75, 3.05) is 21.3 Å². The first-order chi connectivity index (χ1) is 12.7. The van der Waals surface area contributed by atoms with E-state index >= 15 is 0 Å². The van der Waals surface area contributed by atoms with E-state index in [1.54, 1.807) is 26.6 Å². The van der Waals surface area contributed by atoms with E-state index in [4.69, 9.17) is 14.0 Å². The Balaban J connectivity index is 1.65. The monoisotopic (exact) mass is 354 g/mol. The zero-order valence-electron chi connectivity index (χ0n) is 15.2. The lowest BCUT2D eigenvalue weighted by Crippen LogP contribution is -2.17. The minimum Gasteiger partial charge on any atom is -0.496 e. The normalized spacial score (nSPS) is 11.1. The predicted molar refractivity (Wildman–Crippen MR) is 96.4 cm³/mol. The zero-order valence-corrected chi connectivity index (χ0v) is 15.2. The maximum atomic E-state index is 5.37. The van der Waals surface area contributed by atoms with Gasteiger partial charge in [-0.05, 0) is 36.9 Å². The maximum absolute atomic E-state index is 5.37. The van der Waals surface area contributed by atoms with Crippen molar-refractivity contribution < 1.29 is 14.0 Å². The summed E-state index contributed by atoms with van der Waals surface area (Å²) in [5, 5.41) is 4.02. The summed E-state index contributed by atoms with van der Waals surface area (Å²) in [6.45, 7) is 1.81. The van der Waals surface area contributed by atoms with Gasteiger partial charge in [0.15, 0.2) is 0 Å². The van der Waals surface area contributed by atoms with Crippen molar-refractivity contribution in [1.82, 2.24) is 20.0 Å². The van der Waals surface area contributed by atoms with Crippen molar-refractivity contribution in [1.29, 1.82) is 0 Å². The van der Waals surface area contributed by atoms with Crippen molar-refractivity contribution in [3.05, 3.63) is 59.7 Å². The summed E-state index contributed by atoms with van der Waals surface area (Å²) in [5.41, 5.74) is 3.02.